The van der Waals surface area contributed by atoms with Gasteiger partial charge in [-0.2, -0.15) is 0 Å². The summed E-state index contributed by atoms with van der Waals surface area (Å²) in [5.41, 5.74) is 1.74. The Morgan fingerprint density at radius 2 is 2.00 bits per heavy atom. The lowest BCUT2D eigenvalue weighted by atomic mass is 10.1. The Hall–Kier alpha value is -0.780. The summed E-state index contributed by atoms with van der Waals surface area (Å²) in [5, 5.41) is 3.96. The van der Waals surface area contributed by atoms with Crippen LogP contribution in [0.5, 0.6) is 0 Å². The number of benzene rings is 1. The molecular weight excluding hydrogens is 318 g/mol. The van der Waals surface area contributed by atoms with Gasteiger partial charge in [-0.3, -0.25) is 4.57 Å². The van der Waals surface area contributed by atoms with Crippen molar-refractivity contribution in [3.8, 4) is 0 Å². The van der Waals surface area contributed by atoms with Crippen molar-refractivity contribution in [3.63, 3.8) is 0 Å². The van der Waals surface area contributed by atoms with Crippen molar-refractivity contribution < 1.29 is 0 Å². The maximum absolute atomic E-state index is 12.0. The number of hydrogen-bond donors (Lipinski definition) is 2. The first-order chi connectivity index (χ1) is 8.25. The van der Waals surface area contributed by atoms with E-state index in [0.717, 1.165) is 37.0 Å². The standard InChI is InChI=1S/C12H14ClN3O.BrH/c13-8-1-2-11-10(7-8)15-12(17)16(11)9-3-5-14-6-4-9;/h1-2,7,9,14H,3-6H2,(H,15,17);1H. The fourth-order valence-electron chi connectivity index (χ4n) is 2.53. The van der Waals surface area contributed by atoms with E-state index in [1.54, 1.807) is 6.07 Å². The predicted octanol–water partition coefficient (Wildman–Crippen LogP) is 2.49. The second-order valence-electron chi connectivity index (χ2n) is 4.44. The van der Waals surface area contributed by atoms with Gasteiger partial charge in [0.05, 0.1) is 11.0 Å². The molecule has 1 aromatic heterocycles. The molecule has 0 bridgehead atoms. The molecule has 0 amide bonds. The van der Waals surface area contributed by atoms with E-state index in [-0.39, 0.29) is 22.7 Å². The highest BCUT2D eigenvalue weighted by atomic mass is 79.9. The van der Waals surface area contributed by atoms with Gasteiger partial charge in [0.25, 0.3) is 0 Å². The average Bonchev–Trinajstić information content (AvgIpc) is 2.65. The van der Waals surface area contributed by atoms with Crippen LogP contribution in [0.2, 0.25) is 5.02 Å². The fraction of sp³-hybridized carbons (Fsp3) is 0.417. The summed E-state index contributed by atoms with van der Waals surface area (Å²) in [5.74, 6) is 0. The number of aromatic nitrogens is 2. The van der Waals surface area contributed by atoms with Gasteiger partial charge in [-0.25, -0.2) is 4.79 Å². The summed E-state index contributed by atoms with van der Waals surface area (Å²) >= 11 is 5.92. The van der Waals surface area contributed by atoms with Crippen LogP contribution in [-0.2, 0) is 0 Å². The smallest absolute Gasteiger partial charge is 0.317 e. The van der Waals surface area contributed by atoms with Gasteiger partial charge in [-0.05, 0) is 44.1 Å². The van der Waals surface area contributed by atoms with Crippen LogP contribution < -0.4 is 11.0 Å². The zero-order valence-electron chi connectivity index (χ0n) is 9.78. The largest absolute Gasteiger partial charge is 0.326 e. The number of hydrogen-bond acceptors (Lipinski definition) is 2. The van der Waals surface area contributed by atoms with E-state index in [9.17, 15) is 4.79 Å². The van der Waals surface area contributed by atoms with E-state index in [1.165, 1.54) is 0 Å². The molecule has 98 valence electrons. The summed E-state index contributed by atoms with van der Waals surface area (Å²) in [6.07, 6.45) is 1.99. The third kappa shape index (κ3) is 2.35. The monoisotopic (exact) mass is 331 g/mol. The highest BCUT2D eigenvalue weighted by Gasteiger charge is 2.19. The Labute approximate surface area is 120 Å². The maximum atomic E-state index is 12.0. The van der Waals surface area contributed by atoms with E-state index in [0.29, 0.717) is 11.1 Å². The van der Waals surface area contributed by atoms with E-state index in [2.05, 4.69) is 10.3 Å². The number of nitrogens with zero attached hydrogens (tertiary/aromatic N) is 1. The van der Waals surface area contributed by atoms with Crippen LogP contribution in [0.15, 0.2) is 23.0 Å². The summed E-state index contributed by atoms with van der Waals surface area (Å²) in [6, 6.07) is 5.83. The molecule has 0 aliphatic carbocycles. The zero-order chi connectivity index (χ0) is 11.8. The molecule has 1 fully saturated rings. The molecule has 1 saturated heterocycles. The number of fused-ring (bicyclic) bond motifs is 1. The number of imidazole rings is 1. The first-order valence-electron chi connectivity index (χ1n) is 5.86. The van der Waals surface area contributed by atoms with Gasteiger partial charge in [-0.1, -0.05) is 11.6 Å². The van der Waals surface area contributed by atoms with Crippen LogP contribution in [-0.4, -0.2) is 22.6 Å². The highest BCUT2D eigenvalue weighted by molar-refractivity contribution is 8.93. The van der Waals surface area contributed by atoms with E-state index in [4.69, 9.17) is 11.6 Å². The Kier molecular flexibility index (Phi) is 4.14. The first-order valence-corrected chi connectivity index (χ1v) is 6.24. The van der Waals surface area contributed by atoms with E-state index >= 15 is 0 Å². The summed E-state index contributed by atoms with van der Waals surface area (Å²) < 4.78 is 1.87. The number of nitrogens with one attached hydrogen (secondary N) is 2. The van der Waals surface area contributed by atoms with Crippen LogP contribution >= 0.6 is 28.6 Å². The Morgan fingerprint density at radius 1 is 1.28 bits per heavy atom. The molecular formula is C12H15BrClN3O. The van der Waals surface area contributed by atoms with Gasteiger partial charge in [-0.15, -0.1) is 17.0 Å². The van der Waals surface area contributed by atoms with Crippen molar-refractivity contribution in [3.05, 3.63) is 33.7 Å². The second kappa shape index (κ2) is 5.47. The summed E-state index contributed by atoms with van der Waals surface area (Å²) in [6.45, 7) is 1.94. The highest BCUT2D eigenvalue weighted by Crippen LogP contribution is 2.23. The molecule has 2 N–H and O–H groups in total. The normalized spacial score (nSPS) is 16.7. The molecule has 2 aromatic rings. The topological polar surface area (TPSA) is 49.8 Å². The lowest BCUT2D eigenvalue weighted by Crippen LogP contribution is -2.33. The number of H-pyrrole nitrogens is 1. The van der Waals surface area contributed by atoms with Crippen LogP contribution in [0.25, 0.3) is 11.0 Å². The maximum Gasteiger partial charge on any atom is 0.326 e. The van der Waals surface area contributed by atoms with Crippen molar-refractivity contribution in [2.24, 2.45) is 0 Å². The van der Waals surface area contributed by atoms with Gasteiger partial charge in [0.1, 0.15) is 0 Å². The molecule has 3 rings (SSSR count). The quantitative estimate of drug-likeness (QED) is 0.843. The van der Waals surface area contributed by atoms with Crippen molar-refractivity contribution in [1.29, 1.82) is 0 Å². The number of rotatable bonds is 1. The lowest BCUT2D eigenvalue weighted by Gasteiger charge is -2.23. The van der Waals surface area contributed by atoms with Crippen LogP contribution in [0.4, 0.5) is 0 Å². The molecule has 6 heteroatoms. The third-order valence-electron chi connectivity index (χ3n) is 3.35. The van der Waals surface area contributed by atoms with Crippen LogP contribution in [0.1, 0.15) is 18.9 Å². The molecule has 0 saturated carbocycles. The molecule has 0 unspecified atom stereocenters. The molecule has 2 heterocycles. The average molecular weight is 333 g/mol. The molecule has 1 aliphatic rings. The van der Waals surface area contributed by atoms with Gasteiger partial charge in [0, 0.05) is 11.1 Å². The van der Waals surface area contributed by atoms with Gasteiger partial charge >= 0.3 is 5.69 Å². The minimum Gasteiger partial charge on any atom is -0.317 e. The van der Waals surface area contributed by atoms with Crippen molar-refractivity contribution in [2.45, 2.75) is 18.9 Å². The van der Waals surface area contributed by atoms with Crippen molar-refractivity contribution in [1.82, 2.24) is 14.9 Å². The number of aromatic amines is 1. The van der Waals surface area contributed by atoms with E-state index < -0.39 is 0 Å². The third-order valence-corrected chi connectivity index (χ3v) is 3.59. The van der Waals surface area contributed by atoms with Gasteiger partial charge in [0.2, 0.25) is 0 Å². The Balaban J connectivity index is 0.00000120. The fourth-order valence-corrected chi connectivity index (χ4v) is 2.70. The number of piperidine rings is 1. The summed E-state index contributed by atoms with van der Waals surface area (Å²) in [4.78, 5) is 14.9. The Bertz CT molecular complexity index is 601. The zero-order valence-corrected chi connectivity index (χ0v) is 12.2. The minimum atomic E-state index is -0.0332. The molecule has 0 radical (unpaired) electrons. The second-order valence-corrected chi connectivity index (χ2v) is 4.88. The molecule has 1 aliphatic heterocycles. The van der Waals surface area contributed by atoms with E-state index in [1.807, 2.05) is 16.7 Å². The predicted molar refractivity (Wildman–Crippen MR) is 79.0 cm³/mol. The SMILES string of the molecule is Br.O=c1[nH]c2cc(Cl)ccc2n1C1CCNCC1. The number of halogens is 2. The molecule has 0 spiro atoms. The van der Waals surface area contributed by atoms with Gasteiger partial charge in [0.15, 0.2) is 0 Å². The van der Waals surface area contributed by atoms with Crippen LogP contribution in [0, 0.1) is 0 Å². The van der Waals surface area contributed by atoms with Gasteiger partial charge < -0.3 is 10.3 Å². The molecule has 0 atom stereocenters. The van der Waals surface area contributed by atoms with Crippen molar-refractivity contribution in [2.75, 3.05) is 13.1 Å². The minimum absolute atomic E-state index is 0. The first kappa shape index (κ1) is 13.6. The molecule has 4 nitrogen and oxygen atoms in total. The summed E-state index contributed by atoms with van der Waals surface area (Å²) in [7, 11) is 0. The Morgan fingerprint density at radius 3 is 2.72 bits per heavy atom. The molecule has 18 heavy (non-hydrogen) atoms. The van der Waals surface area contributed by atoms with Crippen molar-refractivity contribution >= 4 is 39.6 Å². The molecule has 1 aromatic carbocycles. The van der Waals surface area contributed by atoms with Crippen LogP contribution in [0.3, 0.4) is 0 Å². The lowest BCUT2D eigenvalue weighted by molar-refractivity contribution is 0.368.